The average Bonchev–Trinajstić information content (AvgIpc) is 2.75. The number of halogens is 3. The number of para-hydroxylation sites is 1. The molecule has 0 amide bonds. The van der Waals surface area contributed by atoms with Gasteiger partial charge in [0.15, 0.2) is 0 Å². The molecule has 21 heavy (non-hydrogen) atoms. The Hall–Kier alpha value is -2.43. The summed E-state index contributed by atoms with van der Waals surface area (Å²) < 4.78 is 40.7. The molecule has 0 aliphatic carbocycles. The van der Waals surface area contributed by atoms with Crippen LogP contribution < -0.4 is 5.73 Å². The predicted octanol–water partition coefficient (Wildman–Crippen LogP) is 4.45. The molecule has 108 valence electrons. The lowest BCUT2D eigenvalue weighted by Gasteiger charge is -2.10. The minimum atomic E-state index is -4.41. The molecule has 2 nitrogen and oxygen atoms in total. The van der Waals surface area contributed by atoms with Crippen LogP contribution in [-0.2, 0) is 13.2 Å². The Kier molecular flexibility index (Phi) is 2.93. The monoisotopic (exact) mass is 290 g/mol. The van der Waals surface area contributed by atoms with E-state index in [1.807, 2.05) is 42.1 Å². The quantitative estimate of drug-likeness (QED) is 0.660. The van der Waals surface area contributed by atoms with Crippen LogP contribution in [0.2, 0.25) is 0 Å². The lowest BCUT2D eigenvalue weighted by molar-refractivity contribution is -0.137. The lowest BCUT2D eigenvalue weighted by atomic mass is 10.0. The van der Waals surface area contributed by atoms with E-state index in [-0.39, 0.29) is 5.69 Å². The Morgan fingerprint density at radius 2 is 1.76 bits per heavy atom. The Balaban J connectivity index is 2.26. The van der Waals surface area contributed by atoms with Gasteiger partial charge in [-0.25, -0.2) is 0 Å². The molecule has 0 radical (unpaired) electrons. The molecule has 0 atom stereocenters. The van der Waals surface area contributed by atoms with E-state index >= 15 is 0 Å². The van der Waals surface area contributed by atoms with Crippen molar-refractivity contribution in [3.05, 3.63) is 54.2 Å². The highest BCUT2D eigenvalue weighted by Gasteiger charge is 2.31. The van der Waals surface area contributed by atoms with Gasteiger partial charge in [-0.3, -0.25) is 0 Å². The van der Waals surface area contributed by atoms with Gasteiger partial charge >= 0.3 is 6.18 Å². The number of anilines is 1. The smallest absolute Gasteiger partial charge is 0.399 e. The summed E-state index contributed by atoms with van der Waals surface area (Å²) in [6, 6.07) is 11.2. The fourth-order valence-electron chi connectivity index (χ4n) is 2.54. The number of benzene rings is 2. The van der Waals surface area contributed by atoms with Gasteiger partial charge in [0.2, 0.25) is 0 Å². The van der Waals surface area contributed by atoms with E-state index in [0.29, 0.717) is 5.56 Å². The molecule has 0 aliphatic heterocycles. The molecule has 5 heteroatoms. The topological polar surface area (TPSA) is 30.9 Å². The largest absolute Gasteiger partial charge is 0.416 e. The third-order valence-electron chi connectivity index (χ3n) is 3.49. The van der Waals surface area contributed by atoms with Crippen molar-refractivity contribution in [2.45, 2.75) is 6.18 Å². The first-order chi connectivity index (χ1) is 9.86. The van der Waals surface area contributed by atoms with Crippen molar-refractivity contribution < 1.29 is 13.2 Å². The highest BCUT2D eigenvalue weighted by atomic mass is 19.4. The number of rotatable bonds is 1. The van der Waals surface area contributed by atoms with Gasteiger partial charge in [-0.15, -0.1) is 0 Å². The maximum atomic E-state index is 12.9. The van der Waals surface area contributed by atoms with E-state index in [9.17, 15) is 13.2 Å². The van der Waals surface area contributed by atoms with E-state index in [1.165, 1.54) is 0 Å². The zero-order valence-electron chi connectivity index (χ0n) is 11.3. The summed E-state index contributed by atoms with van der Waals surface area (Å²) in [6.45, 7) is 0. The summed E-state index contributed by atoms with van der Waals surface area (Å²) in [4.78, 5) is 0. The molecule has 0 saturated heterocycles. The second kappa shape index (κ2) is 4.55. The normalized spacial score (nSPS) is 12.0. The minimum absolute atomic E-state index is 0.104. The first-order valence-corrected chi connectivity index (χ1v) is 6.38. The molecule has 0 aliphatic rings. The Bertz CT molecular complexity index is 816. The van der Waals surface area contributed by atoms with E-state index in [4.69, 9.17) is 5.73 Å². The molecule has 0 saturated carbocycles. The van der Waals surface area contributed by atoms with Gasteiger partial charge in [-0.05, 0) is 29.8 Å². The molecular formula is C16H13F3N2. The summed E-state index contributed by atoms with van der Waals surface area (Å²) in [5.74, 6) is 0. The van der Waals surface area contributed by atoms with Crippen molar-refractivity contribution >= 4 is 16.6 Å². The standard InChI is InChI=1S/C16H13F3N2/c1-21-9-14(13-4-2-3-5-15(13)21)10-6-11(16(17,18)19)8-12(20)7-10/h2-9H,20H2,1H3. The number of hydrogen-bond donors (Lipinski definition) is 1. The van der Waals surface area contributed by atoms with Crippen molar-refractivity contribution in [2.24, 2.45) is 7.05 Å². The first-order valence-electron chi connectivity index (χ1n) is 6.38. The van der Waals surface area contributed by atoms with Gasteiger partial charge in [-0.2, -0.15) is 13.2 Å². The molecule has 0 unspecified atom stereocenters. The lowest BCUT2D eigenvalue weighted by Crippen LogP contribution is -2.06. The number of hydrogen-bond acceptors (Lipinski definition) is 1. The van der Waals surface area contributed by atoms with Gasteiger partial charge in [0.05, 0.1) is 5.56 Å². The molecule has 0 bridgehead atoms. The molecule has 1 aromatic heterocycles. The van der Waals surface area contributed by atoms with Gasteiger partial charge in [-0.1, -0.05) is 18.2 Å². The zero-order chi connectivity index (χ0) is 15.2. The van der Waals surface area contributed by atoms with Gasteiger partial charge < -0.3 is 10.3 Å². The number of alkyl halides is 3. The number of nitrogens with two attached hydrogens (primary N) is 1. The highest BCUT2D eigenvalue weighted by molar-refractivity contribution is 5.96. The maximum Gasteiger partial charge on any atom is 0.416 e. The fourth-order valence-corrected chi connectivity index (χ4v) is 2.54. The Labute approximate surface area is 119 Å². The molecule has 2 aromatic carbocycles. The van der Waals surface area contributed by atoms with E-state index in [2.05, 4.69) is 0 Å². The van der Waals surface area contributed by atoms with Crippen LogP contribution in [0.3, 0.4) is 0 Å². The van der Waals surface area contributed by atoms with Crippen LogP contribution >= 0.6 is 0 Å². The van der Waals surface area contributed by atoms with Crippen LogP contribution in [0, 0.1) is 0 Å². The van der Waals surface area contributed by atoms with Crippen LogP contribution in [0.15, 0.2) is 48.7 Å². The summed E-state index contributed by atoms with van der Waals surface area (Å²) in [7, 11) is 1.86. The minimum Gasteiger partial charge on any atom is -0.399 e. The summed E-state index contributed by atoms with van der Waals surface area (Å²) >= 11 is 0. The summed E-state index contributed by atoms with van der Waals surface area (Å²) in [6.07, 6.45) is -2.59. The summed E-state index contributed by atoms with van der Waals surface area (Å²) in [5.41, 5.74) is 7.19. The number of nitrogens with zero attached hydrogens (tertiary/aromatic N) is 1. The maximum absolute atomic E-state index is 12.9. The van der Waals surface area contributed by atoms with E-state index < -0.39 is 11.7 Å². The zero-order valence-corrected chi connectivity index (χ0v) is 11.3. The summed E-state index contributed by atoms with van der Waals surface area (Å²) in [5, 5.41) is 0.902. The number of aryl methyl sites for hydroxylation is 1. The van der Waals surface area contributed by atoms with Crippen molar-refractivity contribution in [1.82, 2.24) is 4.57 Å². The second-order valence-electron chi connectivity index (χ2n) is 5.01. The molecular weight excluding hydrogens is 277 g/mol. The third kappa shape index (κ3) is 2.35. The Morgan fingerprint density at radius 3 is 2.48 bits per heavy atom. The number of aromatic nitrogens is 1. The molecule has 3 aromatic rings. The third-order valence-corrected chi connectivity index (χ3v) is 3.49. The average molecular weight is 290 g/mol. The van der Waals surface area contributed by atoms with Gasteiger partial charge in [0, 0.05) is 35.4 Å². The predicted molar refractivity (Wildman–Crippen MR) is 77.8 cm³/mol. The molecule has 2 N–H and O–H groups in total. The SMILES string of the molecule is Cn1cc(-c2cc(N)cc(C(F)(F)F)c2)c2ccccc21. The molecule has 0 spiro atoms. The highest BCUT2D eigenvalue weighted by Crippen LogP contribution is 2.36. The van der Waals surface area contributed by atoms with Gasteiger partial charge in [0.1, 0.15) is 0 Å². The first kappa shape index (κ1) is 13.5. The number of nitrogen functional groups attached to an aromatic ring is 1. The van der Waals surface area contributed by atoms with Crippen LogP contribution in [-0.4, -0.2) is 4.57 Å². The van der Waals surface area contributed by atoms with Gasteiger partial charge in [0.25, 0.3) is 0 Å². The second-order valence-corrected chi connectivity index (χ2v) is 5.01. The van der Waals surface area contributed by atoms with E-state index in [1.54, 1.807) is 6.07 Å². The molecule has 1 heterocycles. The van der Waals surface area contributed by atoms with Crippen molar-refractivity contribution in [3.63, 3.8) is 0 Å². The van der Waals surface area contributed by atoms with E-state index in [0.717, 1.165) is 28.6 Å². The van der Waals surface area contributed by atoms with Crippen molar-refractivity contribution in [2.75, 3.05) is 5.73 Å². The van der Waals surface area contributed by atoms with Crippen LogP contribution in [0.25, 0.3) is 22.0 Å². The Morgan fingerprint density at radius 1 is 1.05 bits per heavy atom. The van der Waals surface area contributed by atoms with Crippen molar-refractivity contribution in [3.8, 4) is 11.1 Å². The van der Waals surface area contributed by atoms with Crippen LogP contribution in [0.5, 0.6) is 0 Å². The van der Waals surface area contributed by atoms with Crippen LogP contribution in [0.4, 0.5) is 18.9 Å². The molecule has 3 rings (SSSR count). The number of fused-ring (bicyclic) bond motifs is 1. The van der Waals surface area contributed by atoms with Crippen LogP contribution in [0.1, 0.15) is 5.56 Å². The fraction of sp³-hybridized carbons (Fsp3) is 0.125. The van der Waals surface area contributed by atoms with Crippen molar-refractivity contribution in [1.29, 1.82) is 0 Å². The molecule has 0 fully saturated rings.